The lowest BCUT2D eigenvalue weighted by molar-refractivity contribution is 0.102. The van der Waals surface area contributed by atoms with Crippen LogP contribution in [0.25, 0.3) is 0 Å². The van der Waals surface area contributed by atoms with E-state index in [2.05, 4.69) is 10.0 Å². The molecule has 214 valence electrons. The molecule has 2 N–H and O–H groups in total. The minimum Gasteiger partial charge on any atom is -0.322 e. The number of anilines is 3. The molecule has 0 radical (unpaired) electrons. The topological polar surface area (TPSA) is 116 Å². The first-order chi connectivity index (χ1) is 19.4. The number of halogens is 2. The Morgan fingerprint density at radius 3 is 1.93 bits per heavy atom. The zero-order valence-electron chi connectivity index (χ0n) is 22.0. The van der Waals surface area contributed by atoms with Crippen molar-refractivity contribution in [1.82, 2.24) is 4.31 Å². The van der Waals surface area contributed by atoms with Crippen molar-refractivity contribution in [3.05, 3.63) is 120 Å². The van der Waals surface area contributed by atoms with Crippen LogP contribution in [0.1, 0.15) is 15.9 Å². The highest BCUT2D eigenvalue weighted by atomic mass is 32.2. The zero-order chi connectivity index (χ0) is 29.8. The third kappa shape index (κ3) is 7.06. The summed E-state index contributed by atoms with van der Waals surface area (Å²) in [5, 5.41) is 2.67. The van der Waals surface area contributed by atoms with E-state index in [0.717, 1.165) is 20.7 Å². The Bertz CT molecular complexity index is 1750. The minimum absolute atomic E-state index is 0.0590. The van der Waals surface area contributed by atoms with Crippen LogP contribution in [0, 0.1) is 11.6 Å². The van der Waals surface area contributed by atoms with Gasteiger partial charge in [0.1, 0.15) is 11.6 Å². The first-order valence-corrected chi connectivity index (χ1v) is 15.0. The highest BCUT2D eigenvalue weighted by molar-refractivity contribution is 7.92. The minimum atomic E-state index is -4.03. The average Bonchev–Trinajstić information content (AvgIpc) is 2.94. The van der Waals surface area contributed by atoms with Crippen molar-refractivity contribution >= 4 is 43.2 Å². The number of carbonyl (C=O) groups excluding carboxylic acids is 1. The first kappa shape index (κ1) is 29.6. The van der Waals surface area contributed by atoms with E-state index in [1.54, 1.807) is 12.1 Å². The summed E-state index contributed by atoms with van der Waals surface area (Å²) in [4.78, 5) is 12.7. The summed E-state index contributed by atoms with van der Waals surface area (Å²) in [6.07, 6.45) is 0. The molecule has 0 saturated heterocycles. The monoisotopic (exact) mass is 600 g/mol. The van der Waals surface area contributed by atoms with Gasteiger partial charge < -0.3 is 5.32 Å². The fraction of sp³-hybridized carbons (Fsp3) is 0.107. The molecule has 0 fully saturated rings. The van der Waals surface area contributed by atoms with Crippen molar-refractivity contribution in [2.45, 2.75) is 11.4 Å². The molecule has 0 aromatic heterocycles. The number of carbonyl (C=O) groups is 1. The van der Waals surface area contributed by atoms with Gasteiger partial charge in [0, 0.05) is 31.0 Å². The Labute approximate surface area is 237 Å². The number of nitrogens with zero attached hydrogens (tertiary/aromatic N) is 2. The Balaban J connectivity index is 1.45. The van der Waals surface area contributed by atoms with Crippen LogP contribution < -0.4 is 14.3 Å². The molecular formula is C28H26F2N4O5S2. The van der Waals surface area contributed by atoms with E-state index in [9.17, 15) is 30.4 Å². The summed E-state index contributed by atoms with van der Waals surface area (Å²) in [5.41, 5.74) is 1.20. The maximum Gasteiger partial charge on any atom is 0.303 e. The van der Waals surface area contributed by atoms with Gasteiger partial charge in [0.15, 0.2) is 0 Å². The number of rotatable bonds is 10. The van der Waals surface area contributed by atoms with Crippen LogP contribution in [0.15, 0.2) is 102 Å². The first-order valence-electron chi connectivity index (χ1n) is 12.1. The molecule has 0 aliphatic carbocycles. The van der Waals surface area contributed by atoms with Crippen molar-refractivity contribution in [3.8, 4) is 0 Å². The summed E-state index contributed by atoms with van der Waals surface area (Å²) in [5.74, 6) is -1.67. The van der Waals surface area contributed by atoms with Gasteiger partial charge in [-0.2, -0.15) is 12.7 Å². The highest BCUT2D eigenvalue weighted by Crippen LogP contribution is 2.26. The fourth-order valence-electron chi connectivity index (χ4n) is 3.72. The standard InChI is InChI=1S/C28H26F2N4O5S2/c1-33(2)41(38,39)34(27-6-4-3-5-26(27)30)19-20-7-9-21(10-8-20)28(35)31-23-15-17-25(18-16-23)40(36,37)32-24-13-11-22(29)12-14-24/h3-18,32H,19H2,1-2H3,(H,31,35). The number of hydrogen-bond acceptors (Lipinski definition) is 5. The molecule has 0 aliphatic rings. The van der Waals surface area contributed by atoms with Gasteiger partial charge in [0.05, 0.1) is 17.1 Å². The highest BCUT2D eigenvalue weighted by Gasteiger charge is 2.27. The van der Waals surface area contributed by atoms with E-state index >= 15 is 0 Å². The second kappa shape index (κ2) is 12.0. The van der Waals surface area contributed by atoms with E-state index < -0.39 is 37.8 Å². The molecule has 4 aromatic rings. The van der Waals surface area contributed by atoms with Crippen molar-refractivity contribution in [1.29, 1.82) is 0 Å². The summed E-state index contributed by atoms with van der Waals surface area (Å²) in [6, 6.07) is 22.0. The molecule has 4 rings (SSSR count). The zero-order valence-corrected chi connectivity index (χ0v) is 23.6. The van der Waals surface area contributed by atoms with E-state index in [4.69, 9.17) is 0 Å². The van der Waals surface area contributed by atoms with Gasteiger partial charge in [0.25, 0.3) is 15.9 Å². The quantitative estimate of drug-likeness (QED) is 0.271. The van der Waals surface area contributed by atoms with Crippen molar-refractivity contribution in [2.24, 2.45) is 0 Å². The largest absolute Gasteiger partial charge is 0.322 e. The van der Waals surface area contributed by atoms with Crippen molar-refractivity contribution in [2.75, 3.05) is 28.4 Å². The van der Waals surface area contributed by atoms with E-state index in [1.165, 1.54) is 86.9 Å². The SMILES string of the molecule is CN(C)S(=O)(=O)N(Cc1ccc(C(=O)Nc2ccc(S(=O)(=O)Nc3ccc(F)cc3)cc2)cc1)c1ccccc1F. The summed E-state index contributed by atoms with van der Waals surface area (Å²) in [6.45, 7) is -0.175. The van der Waals surface area contributed by atoms with Gasteiger partial charge in [-0.15, -0.1) is 0 Å². The van der Waals surface area contributed by atoms with Crippen molar-refractivity contribution in [3.63, 3.8) is 0 Å². The lowest BCUT2D eigenvalue weighted by Crippen LogP contribution is -2.40. The van der Waals surface area contributed by atoms with Gasteiger partial charge in [-0.1, -0.05) is 24.3 Å². The second-order valence-corrected chi connectivity index (χ2v) is 12.8. The number of nitrogens with one attached hydrogen (secondary N) is 2. The molecule has 0 heterocycles. The summed E-state index contributed by atoms with van der Waals surface area (Å²) < 4.78 is 82.9. The third-order valence-electron chi connectivity index (χ3n) is 5.92. The molecule has 13 heteroatoms. The molecule has 0 atom stereocenters. The molecule has 41 heavy (non-hydrogen) atoms. The lowest BCUT2D eigenvalue weighted by Gasteiger charge is -2.27. The van der Waals surface area contributed by atoms with Gasteiger partial charge >= 0.3 is 10.2 Å². The Hall–Kier alpha value is -4.33. The van der Waals surface area contributed by atoms with E-state index in [0.29, 0.717) is 11.3 Å². The van der Waals surface area contributed by atoms with Crippen LogP contribution in [0.2, 0.25) is 0 Å². The molecule has 1 amide bonds. The van der Waals surface area contributed by atoms with Crippen LogP contribution >= 0.6 is 0 Å². The number of hydrogen-bond donors (Lipinski definition) is 2. The Morgan fingerprint density at radius 2 is 1.34 bits per heavy atom. The number of para-hydroxylation sites is 1. The van der Waals surface area contributed by atoms with E-state index in [-0.39, 0.29) is 28.4 Å². The Morgan fingerprint density at radius 1 is 0.756 bits per heavy atom. The second-order valence-electron chi connectivity index (χ2n) is 9.04. The number of benzene rings is 4. The van der Waals surface area contributed by atoms with Crippen LogP contribution in [-0.2, 0) is 26.8 Å². The lowest BCUT2D eigenvalue weighted by atomic mass is 10.1. The van der Waals surface area contributed by atoms with Crippen LogP contribution in [0.4, 0.5) is 25.8 Å². The van der Waals surface area contributed by atoms with Crippen LogP contribution in [0.3, 0.4) is 0 Å². The van der Waals surface area contributed by atoms with Gasteiger partial charge in [-0.25, -0.2) is 17.2 Å². The maximum absolute atomic E-state index is 14.5. The average molecular weight is 601 g/mol. The maximum atomic E-state index is 14.5. The van der Waals surface area contributed by atoms with Crippen LogP contribution in [0.5, 0.6) is 0 Å². The van der Waals surface area contributed by atoms with E-state index in [1.807, 2.05) is 0 Å². The summed E-state index contributed by atoms with van der Waals surface area (Å²) >= 11 is 0. The molecule has 0 aliphatic heterocycles. The molecule has 9 nitrogen and oxygen atoms in total. The third-order valence-corrected chi connectivity index (χ3v) is 9.13. The fourth-order valence-corrected chi connectivity index (χ4v) is 5.88. The van der Waals surface area contributed by atoms with Crippen molar-refractivity contribution < 1.29 is 30.4 Å². The Kier molecular flexibility index (Phi) is 8.71. The van der Waals surface area contributed by atoms with Gasteiger partial charge in [-0.3, -0.25) is 13.8 Å². The van der Waals surface area contributed by atoms with Gasteiger partial charge in [-0.05, 0) is 78.4 Å². The van der Waals surface area contributed by atoms with Gasteiger partial charge in [0.2, 0.25) is 0 Å². The predicted octanol–water partition coefficient (Wildman–Crippen LogP) is 4.83. The molecule has 0 spiro atoms. The molecule has 4 aromatic carbocycles. The normalized spacial score (nSPS) is 11.7. The predicted molar refractivity (Wildman–Crippen MR) is 153 cm³/mol. The molecule has 0 bridgehead atoms. The molecular weight excluding hydrogens is 574 g/mol. The summed E-state index contributed by atoms with van der Waals surface area (Å²) in [7, 11) is -5.27. The molecule has 0 unspecified atom stereocenters. The van der Waals surface area contributed by atoms with Crippen LogP contribution in [-0.4, -0.2) is 41.1 Å². The number of amides is 1. The molecule has 0 saturated carbocycles. The number of sulfonamides is 1. The smallest absolute Gasteiger partial charge is 0.303 e.